The van der Waals surface area contributed by atoms with Crippen molar-refractivity contribution in [1.29, 1.82) is 0 Å². The van der Waals surface area contributed by atoms with Crippen molar-refractivity contribution in [3.8, 4) is 0 Å². The van der Waals surface area contributed by atoms with Crippen molar-refractivity contribution in [2.45, 2.75) is 63.6 Å². The molecule has 4 nitrogen and oxygen atoms in total. The van der Waals surface area contributed by atoms with E-state index in [-0.39, 0.29) is 0 Å². The fourth-order valence-electron chi connectivity index (χ4n) is 3.47. The highest BCUT2D eigenvalue weighted by molar-refractivity contribution is 7.89. The number of fused-ring (bicyclic) bond motifs is 1. The molecule has 0 bridgehead atoms. The van der Waals surface area contributed by atoms with Gasteiger partial charge in [-0.3, -0.25) is 4.90 Å². The molecule has 27 heavy (non-hydrogen) atoms. The van der Waals surface area contributed by atoms with Gasteiger partial charge in [0.25, 0.3) is 0 Å². The summed E-state index contributed by atoms with van der Waals surface area (Å²) >= 11 is 0. The van der Waals surface area contributed by atoms with E-state index < -0.39 is 10.0 Å². The number of aryl methyl sites for hydroxylation is 2. The molecule has 0 radical (unpaired) electrons. The molecule has 0 aromatic heterocycles. The number of sulfonamides is 1. The predicted molar refractivity (Wildman–Crippen MR) is 110 cm³/mol. The highest BCUT2D eigenvalue weighted by atomic mass is 32.2. The molecule has 0 amide bonds. The van der Waals surface area contributed by atoms with Gasteiger partial charge in [-0.2, -0.15) is 0 Å². The number of hydrogen-bond donors (Lipinski definition) is 1. The topological polar surface area (TPSA) is 49.4 Å². The van der Waals surface area contributed by atoms with Crippen LogP contribution in [-0.2, 0) is 36.0 Å². The lowest BCUT2D eigenvalue weighted by Gasteiger charge is -2.22. The van der Waals surface area contributed by atoms with E-state index in [1.807, 2.05) is 30.3 Å². The fraction of sp³-hybridized carbons (Fsp3) is 0.455. The largest absolute Gasteiger partial charge is 0.300 e. The van der Waals surface area contributed by atoms with E-state index >= 15 is 0 Å². The first-order valence-electron chi connectivity index (χ1n) is 9.75. The Morgan fingerprint density at radius 2 is 1.67 bits per heavy atom. The normalized spacial score (nSPS) is 14.6. The van der Waals surface area contributed by atoms with Gasteiger partial charge in [0.1, 0.15) is 0 Å². The van der Waals surface area contributed by atoms with Gasteiger partial charge in [-0.05, 0) is 81.0 Å². The highest BCUT2D eigenvalue weighted by Crippen LogP contribution is 2.24. The molecular formula is C22H30N2O2S. The summed E-state index contributed by atoms with van der Waals surface area (Å²) in [5.41, 5.74) is 4.65. The van der Waals surface area contributed by atoms with Crippen LogP contribution in [0.3, 0.4) is 0 Å². The van der Waals surface area contributed by atoms with Crippen LogP contribution in [0.2, 0.25) is 0 Å². The summed E-state index contributed by atoms with van der Waals surface area (Å²) in [6.07, 6.45) is 4.36. The minimum absolute atomic E-state index is 0.307. The third-order valence-electron chi connectivity index (χ3n) is 5.50. The van der Waals surface area contributed by atoms with E-state index in [2.05, 4.69) is 36.6 Å². The molecule has 0 saturated carbocycles. The molecule has 0 fully saturated rings. The van der Waals surface area contributed by atoms with Crippen molar-refractivity contribution in [3.63, 3.8) is 0 Å². The van der Waals surface area contributed by atoms with E-state index in [1.54, 1.807) is 6.07 Å². The van der Waals surface area contributed by atoms with Gasteiger partial charge >= 0.3 is 0 Å². The maximum Gasteiger partial charge on any atom is 0.240 e. The summed E-state index contributed by atoms with van der Waals surface area (Å²) in [7, 11) is -1.44. The number of nitrogens with zero attached hydrogens (tertiary/aromatic N) is 1. The second-order valence-corrected chi connectivity index (χ2v) is 9.51. The van der Waals surface area contributed by atoms with Gasteiger partial charge in [0.2, 0.25) is 10.0 Å². The van der Waals surface area contributed by atoms with Crippen molar-refractivity contribution >= 4 is 10.0 Å². The Morgan fingerprint density at radius 1 is 1.00 bits per heavy atom. The smallest absolute Gasteiger partial charge is 0.240 e. The number of nitrogens with one attached hydrogen (secondary N) is 1. The van der Waals surface area contributed by atoms with Gasteiger partial charge in [-0.1, -0.05) is 30.3 Å². The average molecular weight is 387 g/mol. The van der Waals surface area contributed by atoms with Gasteiger partial charge < -0.3 is 0 Å². The predicted octanol–water partition coefficient (Wildman–Crippen LogP) is 3.88. The number of benzene rings is 2. The molecule has 2 aromatic rings. The van der Waals surface area contributed by atoms with Crippen LogP contribution >= 0.6 is 0 Å². The van der Waals surface area contributed by atoms with Gasteiger partial charge in [0, 0.05) is 19.1 Å². The minimum Gasteiger partial charge on any atom is -0.300 e. The van der Waals surface area contributed by atoms with Crippen molar-refractivity contribution in [2.75, 3.05) is 7.05 Å². The van der Waals surface area contributed by atoms with Crippen molar-refractivity contribution in [3.05, 3.63) is 64.7 Å². The maximum absolute atomic E-state index is 12.8. The Balaban J connectivity index is 1.74. The molecular weight excluding hydrogens is 356 g/mol. The van der Waals surface area contributed by atoms with Crippen LogP contribution in [0.25, 0.3) is 0 Å². The molecule has 0 unspecified atom stereocenters. The number of rotatable bonds is 7. The first-order valence-corrected chi connectivity index (χ1v) is 11.2. The zero-order chi connectivity index (χ0) is 19.4. The Hall–Kier alpha value is -1.69. The SMILES string of the molecule is CC(C)N(C)Cc1ccccc1CNS(=O)(=O)c1ccc2c(c1)CCCC2. The summed E-state index contributed by atoms with van der Waals surface area (Å²) in [6.45, 7) is 5.42. The third-order valence-corrected chi connectivity index (χ3v) is 6.90. The first kappa shape index (κ1) is 20.1. The molecule has 3 rings (SSSR count). The van der Waals surface area contributed by atoms with Crippen molar-refractivity contribution in [2.24, 2.45) is 0 Å². The molecule has 2 aromatic carbocycles. The second-order valence-electron chi connectivity index (χ2n) is 7.74. The van der Waals surface area contributed by atoms with Gasteiger partial charge in [-0.25, -0.2) is 13.1 Å². The third kappa shape index (κ3) is 4.98. The highest BCUT2D eigenvalue weighted by Gasteiger charge is 2.18. The van der Waals surface area contributed by atoms with Gasteiger partial charge in [0.15, 0.2) is 0 Å². The Morgan fingerprint density at radius 3 is 2.37 bits per heavy atom. The fourth-order valence-corrected chi connectivity index (χ4v) is 4.53. The molecule has 1 aliphatic rings. The Labute approximate surface area is 163 Å². The summed E-state index contributed by atoms with van der Waals surface area (Å²) in [5, 5.41) is 0. The maximum atomic E-state index is 12.8. The summed E-state index contributed by atoms with van der Waals surface area (Å²) < 4.78 is 28.4. The molecule has 0 aliphatic heterocycles. The van der Waals surface area contributed by atoms with Gasteiger partial charge in [0.05, 0.1) is 4.90 Å². The summed E-state index contributed by atoms with van der Waals surface area (Å²) in [6, 6.07) is 14.0. The molecule has 0 saturated heterocycles. The minimum atomic E-state index is -3.52. The zero-order valence-electron chi connectivity index (χ0n) is 16.5. The average Bonchev–Trinajstić information content (AvgIpc) is 2.67. The Bertz CT molecular complexity index is 891. The quantitative estimate of drug-likeness (QED) is 0.785. The lowest BCUT2D eigenvalue weighted by Crippen LogP contribution is -2.28. The molecule has 1 aliphatic carbocycles. The van der Waals surface area contributed by atoms with E-state index in [4.69, 9.17) is 0 Å². The monoisotopic (exact) mass is 386 g/mol. The molecule has 0 heterocycles. The van der Waals surface area contributed by atoms with Crippen LogP contribution in [0, 0.1) is 0 Å². The van der Waals surface area contributed by atoms with Crippen LogP contribution in [0.1, 0.15) is 48.9 Å². The van der Waals surface area contributed by atoms with Crippen LogP contribution < -0.4 is 4.72 Å². The van der Waals surface area contributed by atoms with E-state index in [0.29, 0.717) is 17.5 Å². The molecule has 0 spiro atoms. The van der Waals surface area contributed by atoms with Crippen LogP contribution in [0.5, 0.6) is 0 Å². The van der Waals surface area contributed by atoms with Crippen LogP contribution in [-0.4, -0.2) is 26.4 Å². The molecule has 0 atom stereocenters. The first-order chi connectivity index (χ1) is 12.9. The summed E-state index contributed by atoms with van der Waals surface area (Å²) in [4.78, 5) is 2.62. The van der Waals surface area contributed by atoms with Crippen molar-refractivity contribution < 1.29 is 8.42 Å². The summed E-state index contributed by atoms with van der Waals surface area (Å²) in [5.74, 6) is 0. The lowest BCUT2D eigenvalue weighted by molar-refractivity contribution is 0.265. The zero-order valence-corrected chi connectivity index (χ0v) is 17.3. The Kier molecular flexibility index (Phi) is 6.35. The van der Waals surface area contributed by atoms with E-state index in [1.165, 1.54) is 17.5 Å². The second kappa shape index (κ2) is 8.55. The van der Waals surface area contributed by atoms with Gasteiger partial charge in [-0.15, -0.1) is 0 Å². The molecule has 146 valence electrons. The van der Waals surface area contributed by atoms with Crippen molar-refractivity contribution in [1.82, 2.24) is 9.62 Å². The van der Waals surface area contributed by atoms with Crippen LogP contribution in [0.15, 0.2) is 47.4 Å². The van der Waals surface area contributed by atoms with E-state index in [0.717, 1.165) is 36.9 Å². The molecule has 5 heteroatoms. The van der Waals surface area contributed by atoms with E-state index in [9.17, 15) is 8.42 Å². The standard InChI is InChI=1S/C22H30N2O2S/c1-17(2)24(3)16-21-11-7-6-10-20(21)15-23-27(25,26)22-13-12-18-8-4-5-9-19(18)14-22/h6-7,10-14,17,23H,4-5,8-9,15-16H2,1-3H3. The van der Waals surface area contributed by atoms with Crippen LogP contribution in [0.4, 0.5) is 0 Å². The number of hydrogen-bond acceptors (Lipinski definition) is 3. The molecule has 1 N–H and O–H groups in total. The lowest BCUT2D eigenvalue weighted by atomic mass is 9.92.